The molecule has 0 fully saturated rings. The highest BCUT2D eigenvalue weighted by molar-refractivity contribution is 5.81. The first-order valence-electron chi connectivity index (χ1n) is 8.32. The van der Waals surface area contributed by atoms with E-state index in [1.54, 1.807) is 10.7 Å². The van der Waals surface area contributed by atoms with Gasteiger partial charge in [-0.15, -0.1) is 0 Å². The molecule has 0 aliphatic carbocycles. The molecule has 5 rings (SSSR count). The minimum Gasteiger partial charge on any atom is -0.454 e. The van der Waals surface area contributed by atoms with Crippen molar-refractivity contribution in [1.82, 2.24) is 19.6 Å². The number of fused-ring (bicyclic) bond motifs is 2. The number of hydrazone groups is 1. The van der Waals surface area contributed by atoms with Gasteiger partial charge in [0, 0.05) is 11.6 Å². The predicted octanol–water partition coefficient (Wildman–Crippen LogP) is 2.97. The summed E-state index contributed by atoms with van der Waals surface area (Å²) in [7, 11) is 0. The highest BCUT2D eigenvalue weighted by atomic mass is 16.7. The zero-order valence-electron chi connectivity index (χ0n) is 14.1. The number of aromatic nitrogens is 4. The van der Waals surface area contributed by atoms with Crippen LogP contribution in [0.2, 0.25) is 0 Å². The number of benzene rings is 2. The van der Waals surface area contributed by atoms with Gasteiger partial charge < -0.3 is 9.47 Å². The maximum absolute atomic E-state index is 5.38. The molecule has 3 heterocycles. The minimum atomic E-state index is 0.248. The molecule has 0 radical (unpaired) electrons. The lowest BCUT2D eigenvalue weighted by atomic mass is 10.1. The highest BCUT2D eigenvalue weighted by Crippen LogP contribution is 2.32. The zero-order chi connectivity index (χ0) is 18.1. The van der Waals surface area contributed by atoms with E-state index in [0.717, 1.165) is 22.6 Å². The van der Waals surface area contributed by atoms with Crippen molar-refractivity contribution >= 4 is 17.8 Å². The van der Waals surface area contributed by atoms with Gasteiger partial charge in [0.05, 0.1) is 11.9 Å². The van der Waals surface area contributed by atoms with Gasteiger partial charge in [-0.3, -0.25) is 5.43 Å². The van der Waals surface area contributed by atoms with Crippen LogP contribution in [0.15, 0.2) is 66.0 Å². The summed E-state index contributed by atoms with van der Waals surface area (Å²) in [4.78, 5) is 8.73. The Morgan fingerprint density at radius 2 is 1.93 bits per heavy atom. The Labute approximate surface area is 154 Å². The number of nitrogens with zero attached hydrogens (tertiary/aromatic N) is 5. The summed E-state index contributed by atoms with van der Waals surface area (Å²) < 4.78 is 12.3. The Bertz CT molecular complexity index is 1140. The smallest absolute Gasteiger partial charge is 0.254 e. The number of anilines is 1. The largest absolute Gasteiger partial charge is 0.454 e. The Morgan fingerprint density at radius 1 is 1.04 bits per heavy atom. The van der Waals surface area contributed by atoms with Crippen LogP contribution < -0.4 is 14.9 Å². The minimum absolute atomic E-state index is 0.248. The molecule has 0 bridgehead atoms. The summed E-state index contributed by atoms with van der Waals surface area (Å²) in [6.07, 6.45) is 3.16. The van der Waals surface area contributed by atoms with Crippen molar-refractivity contribution in [3.8, 4) is 22.8 Å². The van der Waals surface area contributed by atoms with E-state index in [4.69, 9.17) is 9.47 Å². The van der Waals surface area contributed by atoms with Crippen molar-refractivity contribution in [1.29, 1.82) is 0 Å². The fourth-order valence-electron chi connectivity index (χ4n) is 2.82. The Hall–Kier alpha value is -3.94. The van der Waals surface area contributed by atoms with Crippen LogP contribution in [-0.4, -0.2) is 32.6 Å². The first-order chi connectivity index (χ1) is 13.4. The van der Waals surface area contributed by atoms with Crippen LogP contribution >= 0.6 is 0 Å². The lowest BCUT2D eigenvalue weighted by Crippen LogP contribution is -2.02. The van der Waals surface area contributed by atoms with E-state index in [9.17, 15) is 0 Å². The Morgan fingerprint density at radius 3 is 2.85 bits per heavy atom. The normalized spacial score (nSPS) is 12.7. The third kappa shape index (κ3) is 2.93. The van der Waals surface area contributed by atoms with Crippen LogP contribution in [0, 0.1) is 0 Å². The summed E-state index contributed by atoms with van der Waals surface area (Å²) >= 11 is 0. The van der Waals surface area contributed by atoms with Gasteiger partial charge in [0.25, 0.3) is 5.78 Å². The molecule has 0 unspecified atom stereocenters. The number of ether oxygens (including phenoxy) is 2. The van der Waals surface area contributed by atoms with Crippen molar-refractivity contribution in [3.63, 3.8) is 0 Å². The van der Waals surface area contributed by atoms with Crippen LogP contribution in [0.5, 0.6) is 11.5 Å². The fraction of sp³-hybridized carbons (Fsp3) is 0.0526. The third-order valence-corrected chi connectivity index (χ3v) is 4.11. The molecule has 0 saturated heterocycles. The molecule has 8 heteroatoms. The summed E-state index contributed by atoms with van der Waals surface area (Å²) in [5, 5.41) is 8.51. The molecule has 0 amide bonds. The zero-order valence-corrected chi connectivity index (χ0v) is 14.1. The van der Waals surface area contributed by atoms with Gasteiger partial charge in [-0.1, -0.05) is 30.3 Å². The fourth-order valence-corrected chi connectivity index (χ4v) is 2.82. The van der Waals surface area contributed by atoms with E-state index in [0.29, 0.717) is 17.3 Å². The average molecular weight is 358 g/mol. The molecule has 0 atom stereocenters. The van der Waals surface area contributed by atoms with Crippen LogP contribution in [0.1, 0.15) is 5.56 Å². The predicted molar refractivity (Wildman–Crippen MR) is 100.0 cm³/mol. The molecular formula is C19H14N6O2. The molecular weight excluding hydrogens is 344 g/mol. The maximum atomic E-state index is 5.38. The first kappa shape index (κ1) is 15.3. The van der Waals surface area contributed by atoms with Crippen LogP contribution in [0.3, 0.4) is 0 Å². The number of hydrogen-bond acceptors (Lipinski definition) is 7. The Kier molecular flexibility index (Phi) is 3.64. The van der Waals surface area contributed by atoms with Crippen LogP contribution in [0.4, 0.5) is 5.82 Å². The van der Waals surface area contributed by atoms with Gasteiger partial charge in [0.15, 0.2) is 17.3 Å². The average Bonchev–Trinajstić information content (AvgIpc) is 3.37. The molecule has 2 aromatic heterocycles. The van der Waals surface area contributed by atoms with E-state index in [1.165, 1.54) is 6.33 Å². The second kappa shape index (κ2) is 6.41. The van der Waals surface area contributed by atoms with E-state index in [2.05, 4.69) is 25.6 Å². The lowest BCUT2D eigenvalue weighted by molar-refractivity contribution is 0.174. The molecule has 0 spiro atoms. The van der Waals surface area contributed by atoms with Gasteiger partial charge in [-0.05, 0) is 23.8 Å². The molecule has 4 aromatic rings. The monoisotopic (exact) mass is 358 g/mol. The van der Waals surface area contributed by atoms with E-state index >= 15 is 0 Å². The Balaban J connectivity index is 1.45. The van der Waals surface area contributed by atoms with E-state index in [-0.39, 0.29) is 6.79 Å². The highest BCUT2D eigenvalue weighted by Gasteiger charge is 2.12. The van der Waals surface area contributed by atoms with Crippen molar-refractivity contribution in [2.24, 2.45) is 5.10 Å². The molecule has 132 valence electrons. The summed E-state index contributed by atoms with van der Waals surface area (Å²) in [5.74, 6) is 2.62. The molecule has 1 aliphatic rings. The topological polar surface area (TPSA) is 85.9 Å². The summed E-state index contributed by atoms with van der Waals surface area (Å²) in [6.45, 7) is 0.248. The molecule has 2 aromatic carbocycles. The third-order valence-electron chi connectivity index (χ3n) is 4.11. The van der Waals surface area contributed by atoms with E-state index < -0.39 is 0 Å². The summed E-state index contributed by atoms with van der Waals surface area (Å²) in [5.41, 5.74) is 5.69. The van der Waals surface area contributed by atoms with Gasteiger partial charge in [0.1, 0.15) is 6.33 Å². The summed E-state index contributed by atoms with van der Waals surface area (Å²) in [6, 6.07) is 17.4. The second-order valence-corrected chi connectivity index (χ2v) is 5.85. The SMILES string of the molecule is C(=NNc1cc(-c2ccccc2)nc2ncnn12)c1ccc2c(c1)OCO2. The van der Waals surface area contributed by atoms with Gasteiger partial charge in [-0.25, -0.2) is 4.98 Å². The van der Waals surface area contributed by atoms with Crippen LogP contribution in [-0.2, 0) is 0 Å². The van der Waals surface area contributed by atoms with Gasteiger partial charge in [-0.2, -0.15) is 19.7 Å². The number of hydrogen-bond donors (Lipinski definition) is 1. The first-order valence-corrected chi connectivity index (χ1v) is 8.32. The van der Waals surface area contributed by atoms with Crippen molar-refractivity contribution in [3.05, 3.63) is 66.5 Å². The molecule has 27 heavy (non-hydrogen) atoms. The molecule has 1 N–H and O–H groups in total. The number of rotatable bonds is 4. The van der Waals surface area contributed by atoms with Crippen molar-refractivity contribution < 1.29 is 9.47 Å². The quantitative estimate of drug-likeness (QED) is 0.446. The second-order valence-electron chi connectivity index (χ2n) is 5.85. The lowest BCUT2D eigenvalue weighted by Gasteiger charge is -2.06. The standard InChI is InChI=1S/C19H14N6O2/c1-2-4-14(5-3-1)15-9-18(25-19(23-15)20-11-22-25)24-21-10-13-6-7-16-17(8-13)27-12-26-16/h1-11,24H,12H2. The number of nitrogens with one attached hydrogen (secondary N) is 1. The van der Waals surface area contributed by atoms with Crippen LogP contribution in [0.25, 0.3) is 17.0 Å². The molecule has 0 saturated carbocycles. The van der Waals surface area contributed by atoms with Gasteiger partial charge in [0.2, 0.25) is 6.79 Å². The van der Waals surface area contributed by atoms with Crippen molar-refractivity contribution in [2.75, 3.05) is 12.2 Å². The molecule has 8 nitrogen and oxygen atoms in total. The van der Waals surface area contributed by atoms with Crippen molar-refractivity contribution in [2.45, 2.75) is 0 Å². The van der Waals surface area contributed by atoms with Gasteiger partial charge >= 0.3 is 0 Å². The maximum Gasteiger partial charge on any atom is 0.254 e. The van der Waals surface area contributed by atoms with E-state index in [1.807, 2.05) is 54.6 Å². The molecule has 1 aliphatic heterocycles.